The molecule has 27 heavy (non-hydrogen) atoms. The van der Waals surface area contributed by atoms with E-state index < -0.39 is 17.4 Å². The van der Waals surface area contributed by atoms with Crippen LogP contribution in [0.15, 0.2) is 24.4 Å². The molecule has 3 rings (SSSR count). The number of Topliss-reactive ketones (excluding diaryl/α,β-unsaturated/α-hetero) is 1. The Hall–Kier alpha value is -2.70. The number of hydrogen-bond acceptors (Lipinski definition) is 4. The molecule has 1 aromatic carbocycles. The van der Waals surface area contributed by atoms with Gasteiger partial charge in [-0.2, -0.15) is 0 Å². The Kier molecular flexibility index (Phi) is 5.58. The van der Waals surface area contributed by atoms with Crippen LogP contribution in [-0.2, 0) is 0 Å². The minimum atomic E-state index is -1.16. The summed E-state index contributed by atoms with van der Waals surface area (Å²) in [6, 6.07) is 4.47. The van der Waals surface area contributed by atoms with Gasteiger partial charge in [-0.05, 0) is 38.0 Å². The Balaban J connectivity index is 2.04. The molecule has 3 aromatic rings. The number of hydrogen-bond donors (Lipinski definition) is 0. The van der Waals surface area contributed by atoms with Gasteiger partial charge in [-0.1, -0.05) is 31.9 Å². The zero-order valence-electron chi connectivity index (χ0n) is 15.7. The zero-order chi connectivity index (χ0) is 19.6. The third-order valence-electron chi connectivity index (χ3n) is 4.68. The van der Waals surface area contributed by atoms with E-state index in [-0.39, 0.29) is 22.9 Å². The van der Waals surface area contributed by atoms with Crippen molar-refractivity contribution < 1.29 is 13.6 Å². The van der Waals surface area contributed by atoms with Crippen molar-refractivity contribution in [3.63, 3.8) is 0 Å². The van der Waals surface area contributed by atoms with E-state index in [1.165, 1.54) is 19.1 Å². The Morgan fingerprint density at radius 2 is 1.85 bits per heavy atom. The molecule has 142 valence electrons. The van der Waals surface area contributed by atoms with Gasteiger partial charge in [0.2, 0.25) is 0 Å². The number of benzene rings is 1. The lowest BCUT2D eigenvalue weighted by Crippen LogP contribution is -2.10. The van der Waals surface area contributed by atoms with E-state index in [0.29, 0.717) is 5.52 Å². The normalized spacial score (nSPS) is 11.5. The second-order valence-electron chi connectivity index (χ2n) is 6.67. The lowest BCUT2D eigenvalue weighted by atomic mass is 10.0. The molecule has 0 saturated carbocycles. The van der Waals surface area contributed by atoms with Crippen molar-refractivity contribution in [1.82, 2.24) is 20.0 Å². The van der Waals surface area contributed by atoms with Crippen molar-refractivity contribution in [2.24, 2.45) is 0 Å². The quantitative estimate of drug-likeness (QED) is 0.540. The maximum absolute atomic E-state index is 14.4. The Morgan fingerprint density at radius 1 is 1.15 bits per heavy atom. The van der Waals surface area contributed by atoms with Crippen LogP contribution in [0.2, 0.25) is 0 Å². The monoisotopic (exact) mass is 372 g/mol. The molecule has 7 heteroatoms. The summed E-state index contributed by atoms with van der Waals surface area (Å²) in [4.78, 5) is 15.7. The van der Waals surface area contributed by atoms with Crippen LogP contribution in [0.5, 0.6) is 0 Å². The number of halogens is 2. The molecule has 0 bridgehead atoms. The Bertz CT molecular complexity index is 978. The number of pyridine rings is 1. The topological polar surface area (TPSA) is 60.7 Å². The summed E-state index contributed by atoms with van der Waals surface area (Å²) in [5, 5.41) is 8.45. The number of rotatable bonds is 7. The molecule has 0 aliphatic rings. The van der Waals surface area contributed by atoms with Crippen molar-refractivity contribution in [3.05, 3.63) is 41.6 Å². The third-order valence-corrected chi connectivity index (χ3v) is 4.68. The SMILES string of the molecule is CCCC(CCC)n1nnc2cc(-c3ccc(C(C)=O)c(F)c3F)ncc21. The molecule has 0 fully saturated rings. The van der Waals surface area contributed by atoms with Gasteiger partial charge in [-0.15, -0.1) is 5.10 Å². The molecule has 2 heterocycles. The number of carbonyl (C=O) groups is 1. The lowest BCUT2D eigenvalue weighted by Gasteiger charge is -2.16. The summed E-state index contributed by atoms with van der Waals surface area (Å²) in [5.41, 5.74) is 1.32. The summed E-state index contributed by atoms with van der Waals surface area (Å²) in [5.74, 6) is -2.77. The molecule has 0 radical (unpaired) electrons. The van der Waals surface area contributed by atoms with Crippen molar-refractivity contribution in [3.8, 4) is 11.3 Å². The summed E-state index contributed by atoms with van der Waals surface area (Å²) < 4.78 is 30.4. The smallest absolute Gasteiger partial charge is 0.170 e. The average Bonchev–Trinajstić information content (AvgIpc) is 3.06. The van der Waals surface area contributed by atoms with E-state index in [1.807, 2.05) is 4.68 Å². The maximum atomic E-state index is 14.4. The van der Waals surface area contributed by atoms with Crippen LogP contribution in [0.4, 0.5) is 8.78 Å². The van der Waals surface area contributed by atoms with Gasteiger partial charge >= 0.3 is 0 Å². The zero-order valence-corrected chi connectivity index (χ0v) is 15.7. The molecule has 0 saturated heterocycles. The van der Waals surface area contributed by atoms with Gasteiger partial charge in [0.1, 0.15) is 11.0 Å². The molecule has 2 aromatic heterocycles. The Labute approximate surface area is 156 Å². The standard InChI is InChI=1S/C20H22F2N4O/c1-4-6-13(7-5-2)26-18-11-23-16(10-17(18)24-25-26)15-9-8-14(12(3)27)19(21)20(15)22/h8-11,13H,4-7H2,1-3H3. The number of ketones is 1. The van der Waals surface area contributed by atoms with E-state index in [9.17, 15) is 13.6 Å². The van der Waals surface area contributed by atoms with Gasteiger partial charge in [-0.25, -0.2) is 13.5 Å². The van der Waals surface area contributed by atoms with Gasteiger partial charge in [0.05, 0.1) is 23.5 Å². The first-order valence-electron chi connectivity index (χ1n) is 9.18. The molecule has 0 spiro atoms. The van der Waals surface area contributed by atoms with Crippen molar-refractivity contribution >= 4 is 16.8 Å². The fraction of sp³-hybridized carbons (Fsp3) is 0.400. The van der Waals surface area contributed by atoms with E-state index >= 15 is 0 Å². The van der Waals surface area contributed by atoms with E-state index in [1.54, 1.807) is 12.3 Å². The number of nitrogens with zero attached hydrogens (tertiary/aromatic N) is 4. The molecular formula is C20H22F2N4O. The highest BCUT2D eigenvalue weighted by molar-refractivity contribution is 5.95. The van der Waals surface area contributed by atoms with Crippen LogP contribution < -0.4 is 0 Å². The molecule has 0 aliphatic carbocycles. The summed E-state index contributed by atoms with van der Waals surface area (Å²) >= 11 is 0. The summed E-state index contributed by atoms with van der Waals surface area (Å²) in [7, 11) is 0. The summed E-state index contributed by atoms with van der Waals surface area (Å²) in [6.07, 6.45) is 5.63. The van der Waals surface area contributed by atoms with Gasteiger partial charge < -0.3 is 0 Å². The van der Waals surface area contributed by atoms with Crippen molar-refractivity contribution in [1.29, 1.82) is 0 Å². The second kappa shape index (κ2) is 7.90. The average molecular weight is 372 g/mol. The largest absolute Gasteiger partial charge is 0.294 e. The number of aromatic nitrogens is 4. The predicted octanol–water partition coefficient (Wildman–Crippen LogP) is 5.12. The Morgan fingerprint density at radius 3 is 2.48 bits per heavy atom. The summed E-state index contributed by atoms with van der Waals surface area (Å²) in [6.45, 7) is 5.45. The van der Waals surface area contributed by atoms with Crippen molar-refractivity contribution in [2.75, 3.05) is 0 Å². The highest BCUT2D eigenvalue weighted by Gasteiger charge is 2.20. The van der Waals surface area contributed by atoms with Crippen LogP contribution in [0.3, 0.4) is 0 Å². The minimum absolute atomic E-state index is 0.00684. The maximum Gasteiger partial charge on any atom is 0.170 e. The molecule has 0 unspecified atom stereocenters. The molecule has 0 amide bonds. The van der Waals surface area contributed by atoms with Crippen LogP contribution in [0.25, 0.3) is 22.3 Å². The molecule has 5 nitrogen and oxygen atoms in total. The van der Waals surface area contributed by atoms with E-state index in [0.717, 1.165) is 31.2 Å². The van der Waals surface area contributed by atoms with Gasteiger partial charge in [0, 0.05) is 5.56 Å². The van der Waals surface area contributed by atoms with E-state index in [4.69, 9.17) is 0 Å². The number of fused-ring (bicyclic) bond motifs is 1. The van der Waals surface area contributed by atoms with Crippen LogP contribution in [0.1, 0.15) is 62.9 Å². The van der Waals surface area contributed by atoms with Crippen LogP contribution in [0, 0.1) is 11.6 Å². The minimum Gasteiger partial charge on any atom is -0.294 e. The first-order valence-corrected chi connectivity index (χ1v) is 9.18. The highest BCUT2D eigenvalue weighted by atomic mass is 19.2. The van der Waals surface area contributed by atoms with Crippen LogP contribution >= 0.6 is 0 Å². The molecule has 0 aliphatic heterocycles. The van der Waals surface area contributed by atoms with Gasteiger partial charge in [0.25, 0.3) is 0 Å². The molecular weight excluding hydrogens is 350 g/mol. The predicted molar refractivity (Wildman–Crippen MR) is 99.5 cm³/mol. The first-order chi connectivity index (χ1) is 13.0. The second-order valence-corrected chi connectivity index (χ2v) is 6.67. The van der Waals surface area contributed by atoms with Gasteiger partial charge in [0.15, 0.2) is 17.4 Å². The molecule has 0 N–H and O–H groups in total. The first kappa shape index (κ1) is 19.1. The van der Waals surface area contributed by atoms with Crippen LogP contribution in [-0.4, -0.2) is 25.8 Å². The van der Waals surface area contributed by atoms with Gasteiger partial charge in [-0.3, -0.25) is 9.78 Å². The lowest BCUT2D eigenvalue weighted by molar-refractivity contribution is 0.101. The van der Waals surface area contributed by atoms with E-state index in [2.05, 4.69) is 29.1 Å². The van der Waals surface area contributed by atoms with Crippen molar-refractivity contribution in [2.45, 2.75) is 52.5 Å². The fourth-order valence-corrected chi connectivity index (χ4v) is 3.33. The number of carbonyl (C=O) groups excluding carboxylic acids is 1. The third kappa shape index (κ3) is 3.59. The highest BCUT2D eigenvalue weighted by Crippen LogP contribution is 2.29. The molecule has 0 atom stereocenters. The fourth-order valence-electron chi connectivity index (χ4n) is 3.33.